The molecule has 0 fully saturated rings. The first-order chi connectivity index (χ1) is 7.63. The summed E-state index contributed by atoms with van der Waals surface area (Å²) in [5.41, 5.74) is 2.50. The summed E-state index contributed by atoms with van der Waals surface area (Å²) in [6.07, 6.45) is 1.23. The number of allylic oxidation sites excluding steroid dienone is 1. The SMILES string of the molecule is C=C(C)C(=O)CCc1ccc(N=C=S)cc1. The van der Waals surface area contributed by atoms with Gasteiger partial charge in [-0.1, -0.05) is 18.7 Å². The second-order valence-corrected chi connectivity index (χ2v) is 3.76. The number of rotatable bonds is 5. The van der Waals surface area contributed by atoms with Crippen molar-refractivity contribution in [3.8, 4) is 0 Å². The zero-order chi connectivity index (χ0) is 12.0. The highest BCUT2D eigenvalue weighted by atomic mass is 32.1. The molecule has 0 aliphatic heterocycles. The molecule has 0 N–H and O–H groups in total. The summed E-state index contributed by atoms with van der Waals surface area (Å²) in [6, 6.07) is 7.61. The molecule has 0 bridgehead atoms. The van der Waals surface area contributed by atoms with Gasteiger partial charge in [0, 0.05) is 6.42 Å². The molecule has 82 valence electrons. The third kappa shape index (κ3) is 3.89. The monoisotopic (exact) mass is 231 g/mol. The smallest absolute Gasteiger partial charge is 0.158 e. The Balaban J connectivity index is 2.59. The molecule has 3 heteroatoms. The van der Waals surface area contributed by atoms with Crippen molar-refractivity contribution in [1.82, 2.24) is 0 Å². The Bertz CT molecular complexity index is 442. The van der Waals surface area contributed by atoms with Crippen molar-refractivity contribution in [3.63, 3.8) is 0 Å². The van der Waals surface area contributed by atoms with Crippen molar-refractivity contribution < 1.29 is 4.79 Å². The van der Waals surface area contributed by atoms with Gasteiger partial charge >= 0.3 is 0 Å². The lowest BCUT2D eigenvalue weighted by atomic mass is 10.0. The number of isothiocyanates is 1. The van der Waals surface area contributed by atoms with Gasteiger partial charge in [-0.2, -0.15) is 4.99 Å². The first kappa shape index (κ1) is 12.5. The summed E-state index contributed by atoms with van der Waals surface area (Å²) in [5, 5.41) is 2.31. The maximum Gasteiger partial charge on any atom is 0.158 e. The molecular weight excluding hydrogens is 218 g/mol. The van der Waals surface area contributed by atoms with Crippen molar-refractivity contribution in [1.29, 1.82) is 0 Å². The molecule has 0 aromatic heterocycles. The van der Waals surface area contributed by atoms with Gasteiger partial charge in [-0.05, 0) is 48.8 Å². The number of aliphatic imine (C=N–C) groups is 1. The van der Waals surface area contributed by atoms with E-state index in [4.69, 9.17) is 0 Å². The van der Waals surface area contributed by atoms with Gasteiger partial charge in [0.25, 0.3) is 0 Å². The normalized spacial score (nSPS) is 9.31. The largest absolute Gasteiger partial charge is 0.295 e. The number of aryl methyl sites for hydroxylation is 1. The third-order valence-corrected chi connectivity index (χ3v) is 2.32. The number of benzene rings is 1. The molecule has 2 nitrogen and oxygen atoms in total. The molecule has 0 heterocycles. The van der Waals surface area contributed by atoms with Crippen LogP contribution in [0.1, 0.15) is 18.9 Å². The van der Waals surface area contributed by atoms with E-state index in [1.165, 1.54) is 0 Å². The van der Waals surface area contributed by atoms with Gasteiger partial charge < -0.3 is 0 Å². The highest BCUT2D eigenvalue weighted by Gasteiger charge is 2.02. The second-order valence-electron chi connectivity index (χ2n) is 3.57. The summed E-state index contributed by atoms with van der Waals surface area (Å²) in [5.74, 6) is 0.112. The van der Waals surface area contributed by atoms with E-state index < -0.39 is 0 Å². The number of ketones is 1. The molecule has 0 radical (unpaired) electrons. The van der Waals surface area contributed by atoms with Gasteiger partial charge in [0.15, 0.2) is 5.78 Å². The average molecular weight is 231 g/mol. The van der Waals surface area contributed by atoms with Crippen molar-refractivity contribution in [2.45, 2.75) is 19.8 Å². The van der Waals surface area contributed by atoms with Crippen LogP contribution in [-0.4, -0.2) is 10.9 Å². The van der Waals surface area contributed by atoms with E-state index in [0.29, 0.717) is 12.0 Å². The predicted molar refractivity (Wildman–Crippen MR) is 69.3 cm³/mol. The van der Waals surface area contributed by atoms with Crippen LogP contribution in [0.3, 0.4) is 0 Å². The first-order valence-corrected chi connectivity index (χ1v) is 5.40. The first-order valence-electron chi connectivity index (χ1n) is 4.99. The molecule has 0 atom stereocenters. The highest BCUT2D eigenvalue weighted by molar-refractivity contribution is 7.78. The van der Waals surface area contributed by atoms with E-state index in [0.717, 1.165) is 17.7 Å². The molecule has 16 heavy (non-hydrogen) atoms. The molecule has 1 aromatic rings. The Hall–Kier alpha value is -1.57. The Labute approximate surface area is 101 Å². The maximum absolute atomic E-state index is 11.3. The fourth-order valence-electron chi connectivity index (χ4n) is 1.26. The summed E-state index contributed by atoms with van der Waals surface area (Å²) in [4.78, 5) is 15.2. The van der Waals surface area contributed by atoms with Crippen LogP contribution in [0.2, 0.25) is 0 Å². The lowest BCUT2D eigenvalue weighted by molar-refractivity contribution is -0.115. The Kier molecular flexibility index (Phi) is 4.77. The molecule has 1 aromatic carbocycles. The van der Waals surface area contributed by atoms with Gasteiger partial charge in [0.2, 0.25) is 0 Å². The lowest BCUT2D eigenvalue weighted by Crippen LogP contribution is -2.00. The van der Waals surface area contributed by atoms with E-state index in [9.17, 15) is 4.79 Å². The van der Waals surface area contributed by atoms with Crippen LogP contribution in [0.4, 0.5) is 5.69 Å². The van der Waals surface area contributed by atoms with Crippen molar-refractivity contribution >= 4 is 28.8 Å². The number of hydrogen-bond donors (Lipinski definition) is 0. The number of hydrogen-bond acceptors (Lipinski definition) is 3. The molecule has 0 aliphatic rings. The van der Waals surface area contributed by atoms with Crippen LogP contribution < -0.4 is 0 Å². The molecule has 0 amide bonds. The van der Waals surface area contributed by atoms with Gasteiger partial charge in [-0.15, -0.1) is 0 Å². The minimum absolute atomic E-state index is 0.112. The fraction of sp³-hybridized carbons (Fsp3) is 0.231. The van der Waals surface area contributed by atoms with Crippen LogP contribution in [0.5, 0.6) is 0 Å². The standard InChI is InChI=1S/C13H13NOS/c1-10(2)13(15)8-5-11-3-6-12(7-4-11)14-9-16/h3-4,6-7H,1,5,8H2,2H3. The van der Waals surface area contributed by atoms with Crippen molar-refractivity contribution in [3.05, 3.63) is 42.0 Å². The molecule has 0 saturated carbocycles. The Morgan fingerprint density at radius 3 is 2.56 bits per heavy atom. The van der Waals surface area contributed by atoms with E-state index in [-0.39, 0.29) is 5.78 Å². The number of Topliss-reactive ketones (excluding diaryl/α,β-unsaturated/α-hetero) is 1. The Morgan fingerprint density at radius 1 is 1.44 bits per heavy atom. The number of thiocarbonyl (C=S) groups is 1. The average Bonchev–Trinajstić information content (AvgIpc) is 2.28. The van der Waals surface area contributed by atoms with Crippen LogP contribution >= 0.6 is 12.2 Å². The molecule has 0 saturated heterocycles. The van der Waals surface area contributed by atoms with Gasteiger partial charge in [0.05, 0.1) is 10.8 Å². The minimum Gasteiger partial charge on any atom is -0.295 e. The zero-order valence-electron chi connectivity index (χ0n) is 9.19. The zero-order valence-corrected chi connectivity index (χ0v) is 10.0. The van der Waals surface area contributed by atoms with Gasteiger partial charge in [-0.3, -0.25) is 4.79 Å². The summed E-state index contributed by atoms with van der Waals surface area (Å²) < 4.78 is 0. The Morgan fingerprint density at radius 2 is 2.06 bits per heavy atom. The van der Waals surface area contributed by atoms with E-state index >= 15 is 0 Å². The van der Waals surface area contributed by atoms with Gasteiger partial charge in [-0.25, -0.2) is 0 Å². The predicted octanol–water partition coefficient (Wildman–Crippen LogP) is 3.50. The number of carbonyl (C=O) groups is 1. The maximum atomic E-state index is 11.3. The van der Waals surface area contributed by atoms with Gasteiger partial charge in [0.1, 0.15) is 0 Å². The highest BCUT2D eigenvalue weighted by Crippen LogP contribution is 2.14. The topological polar surface area (TPSA) is 29.4 Å². The van der Waals surface area contributed by atoms with Crippen molar-refractivity contribution in [2.75, 3.05) is 0 Å². The molecule has 1 rings (SSSR count). The van der Waals surface area contributed by atoms with Crippen molar-refractivity contribution in [2.24, 2.45) is 4.99 Å². The number of nitrogens with zero attached hydrogens (tertiary/aromatic N) is 1. The van der Waals surface area contributed by atoms with E-state index in [2.05, 4.69) is 29.0 Å². The van der Waals surface area contributed by atoms with E-state index in [1.807, 2.05) is 24.3 Å². The molecule has 0 aliphatic carbocycles. The third-order valence-electron chi connectivity index (χ3n) is 2.23. The van der Waals surface area contributed by atoms with Crippen LogP contribution in [0, 0.1) is 0 Å². The molecule has 0 spiro atoms. The summed E-state index contributed by atoms with van der Waals surface area (Å²) >= 11 is 4.51. The van der Waals surface area contributed by atoms with Crippen LogP contribution in [0.15, 0.2) is 41.4 Å². The fourth-order valence-corrected chi connectivity index (χ4v) is 1.37. The summed E-state index contributed by atoms with van der Waals surface area (Å²) in [7, 11) is 0. The van der Waals surface area contributed by atoms with Crippen LogP contribution in [0.25, 0.3) is 0 Å². The molecule has 0 unspecified atom stereocenters. The molecular formula is C13H13NOS. The summed E-state index contributed by atoms with van der Waals surface area (Å²) in [6.45, 7) is 5.36. The second kappa shape index (κ2) is 6.11. The van der Waals surface area contributed by atoms with Crippen LogP contribution in [-0.2, 0) is 11.2 Å². The number of carbonyl (C=O) groups excluding carboxylic acids is 1. The minimum atomic E-state index is 0.112. The quantitative estimate of drug-likeness (QED) is 0.441. The van der Waals surface area contributed by atoms with E-state index in [1.54, 1.807) is 6.92 Å². The lowest BCUT2D eigenvalue weighted by Gasteiger charge is -2.01.